The second-order valence-electron chi connectivity index (χ2n) is 6.52. The van der Waals surface area contributed by atoms with Crippen LogP contribution in [0.4, 0.5) is 0 Å². The molecule has 0 aromatic carbocycles. The molecule has 4 unspecified atom stereocenters. The standard InChI is InChI=1S/C16H31N/c1-3-4-7-13(2)17-16-11-10-14-8-5-6-9-15(14)12-16/h13-17H,3-12H2,1-2H3. The van der Waals surface area contributed by atoms with E-state index in [9.17, 15) is 0 Å². The van der Waals surface area contributed by atoms with E-state index >= 15 is 0 Å². The third kappa shape index (κ3) is 3.98. The Morgan fingerprint density at radius 1 is 1.06 bits per heavy atom. The summed E-state index contributed by atoms with van der Waals surface area (Å²) < 4.78 is 0. The molecule has 17 heavy (non-hydrogen) atoms. The predicted octanol–water partition coefficient (Wildman–Crippen LogP) is 4.51. The van der Waals surface area contributed by atoms with Crippen LogP contribution in [-0.4, -0.2) is 12.1 Å². The predicted molar refractivity (Wildman–Crippen MR) is 75.2 cm³/mol. The fourth-order valence-electron chi connectivity index (χ4n) is 4.02. The Morgan fingerprint density at radius 2 is 1.82 bits per heavy atom. The average Bonchev–Trinajstić information content (AvgIpc) is 2.36. The van der Waals surface area contributed by atoms with Crippen LogP contribution >= 0.6 is 0 Å². The van der Waals surface area contributed by atoms with Gasteiger partial charge in [0, 0.05) is 12.1 Å². The highest BCUT2D eigenvalue weighted by Crippen LogP contribution is 2.40. The first-order valence-electron chi connectivity index (χ1n) is 8.05. The lowest BCUT2D eigenvalue weighted by molar-refractivity contribution is 0.138. The minimum atomic E-state index is 0.736. The lowest BCUT2D eigenvalue weighted by atomic mass is 9.69. The first-order valence-corrected chi connectivity index (χ1v) is 8.05. The molecule has 0 aliphatic heterocycles. The maximum atomic E-state index is 3.89. The van der Waals surface area contributed by atoms with Crippen molar-refractivity contribution in [2.75, 3.05) is 0 Å². The van der Waals surface area contributed by atoms with E-state index in [-0.39, 0.29) is 0 Å². The first-order chi connectivity index (χ1) is 8.29. The van der Waals surface area contributed by atoms with Gasteiger partial charge in [0.2, 0.25) is 0 Å². The number of hydrogen-bond donors (Lipinski definition) is 1. The summed E-state index contributed by atoms with van der Waals surface area (Å²) in [7, 11) is 0. The molecule has 0 saturated heterocycles. The first kappa shape index (κ1) is 13.4. The highest BCUT2D eigenvalue weighted by Gasteiger charge is 2.32. The summed E-state index contributed by atoms with van der Waals surface area (Å²) in [6, 6.07) is 1.57. The maximum Gasteiger partial charge on any atom is 0.00723 e. The summed E-state index contributed by atoms with van der Waals surface area (Å²) in [5.74, 6) is 2.15. The van der Waals surface area contributed by atoms with Crippen LogP contribution in [-0.2, 0) is 0 Å². The molecule has 4 atom stereocenters. The van der Waals surface area contributed by atoms with Crippen molar-refractivity contribution >= 4 is 0 Å². The molecule has 1 nitrogen and oxygen atoms in total. The molecular formula is C16H31N. The Bertz CT molecular complexity index is 214. The number of hydrogen-bond acceptors (Lipinski definition) is 1. The average molecular weight is 237 g/mol. The van der Waals surface area contributed by atoms with E-state index in [4.69, 9.17) is 0 Å². The Balaban J connectivity index is 1.71. The summed E-state index contributed by atoms with van der Waals surface area (Å²) in [4.78, 5) is 0. The number of fused-ring (bicyclic) bond motifs is 1. The monoisotopic (exact) mass is 237 g/mol. The van der Waals surface area contributed by atoms with Crippen LogP contribution in [0, 0.1) is 11.8 Å². The van der Waals surface area contributed by atoms with Crippen molar-refractivity contribution in [1.82, 2.24) is 5.32 Å². The van der Waals surface area contributed by atoms with Crippen LogP contribution < -0.4 is 5.32 Å². The molecular weight excluding hydrogens is 206 g/mol. The molecule has 100 valence electrons. The minimum Gasteiger partial charge on any atom is -0.311 e. The zero-order valence-electron chi connectivity index (χ0n) is 11.9. The second-order valence-corrected chi connectivity index (χ2v) is 6.52. The van der Waals surface area contributed by atoms with Gasteiger partial charge in [0.05, 0.1) is 0 Å². The quantitative estimate of drug-likeness (QED) is 0.741. The summed E-state index contributed by atoms with van der Waals surface area (Å²) >= 11 is 0. The van der Waals surface area contributed by atoms with Gasteiger partial charge in [0.25, 0.3) is 0 Å². The molecule has 2 fully saturated rings. The van der Waals surface area contributed by atoms with Crippen LogP contribution in [0.25, 0.3) is 0 Å². The van der Waals surface area contributed by atoms with Gasteiger partial charge in [-0.05, 0) is 44.4 Å². The molecule has 1 heteroatoms. The van der Waals surface area contributed by atoms with Gasteiger partial charge in [0.1, 0.15) is 0 Å². The van der Waals surface area contributed by atoms with E-state index in [0.717, 1.165) is 23.9 Å². The van der Waals surface area contributed by atoms with Crippen LogP contribution in [0.1, 0.15) is 78.1 Å². The largest absolute Gasteiger partial charge is 0.311 e. The summed E-state index contributed by atoms with van der Waals surface area (Å²) in [6.07, 6.45) is 14.6. The van der Waals surface area contributed by atoms with Crippen LogP contribution in [0.2, 0.25) is 0 Å². The molecule has 0 heterocycles. The zero-order valence-corrected chi connectivity index (χ0v) is 11.9. The van der Waals surface area contributed by atoms with Crippen molar-refractivity contribution in [2.24, 2.45) is 11.8 Å². The van der Waals surface area contributed by atoms with Gasteiger partial charge < -0.3 is 5.32 Å². The highest BCUT2D eigenvalue weighted by molar-refractivity contribution is 4.87. The van der Waals surface area contributed by atoms with E-state index in [2.05, 4.69) is 19.2 Å². The molecule has 0 spiro atoms. The summed E-state index contributed by atoms with van der Waals surface area (Å²) in [5.41, 5.74) is 0. The minimum absolute atomic E-state index is 0.736. The van der Waals surface area contributed by atoms with Crippen molar-refractivity contribution < 1.29 is 0 Å². The molecule has 2 saturated carbocycles. The Hall–Kier alpha value is -0.0400. The van der Waals surface area contributed by atoms with E-state index in [1.165, 1.54) is 64.2 Å². The normalized spacial score (nSPS) is 35.3. The fourth-order valence-corrected chi connectivity index (χ4v) is 4.02. The Kier molecular flexibility index (Phi) is 5.34. The summed E-state index contributed by atoms with van der Waals surface area (Å²) in [6.45, 7) is 4.67. The van der Waals surface area contributed by atoms with Gasteiger partial charge in [-0.3, -0.25) is 0 Å². The third-order valence-electron chi connectivity index (χ3n) is 5.05. The van der Waals surface area contributed by atoms with Gasteiger partial charge in [-0.25, -0.2) is 0 Å². The smallest absolute Gasteiger partial charge is 0.00723 e. The number of nitrogens with one attached hydrogen (secondary N) is 1. The van der Waals surface area contributed by atoms with Gasteiger partial charge in [-0.15, -0.1) is 0 Å². The van der Waals surface area contributed by atoms with Crippen molar-refractivity contribution in [3.05, 3.63) is 0 Å². The third-order valence-corrected chi connectivity index (χ3v) is 5.05. The molecule has 2 aliphatic carbocycles. The Labute approximate surface area is 108 Å². The van der Waals surface area contributed by atoms with Crippen LogP contribution in [0.15, 0.2) is 0 Å². The van der Waals surface area contributed by atoms with Crippen molar-refractivity contribution in [1.29, 1.82) is 0 Å². The lowest BCUT2D eigenvalue weighted by Gasteiger charge is -2.40. The van der Waals surface area contributed by atoms with E-state index < -0.39 is 0 Å². The maximum absolute atomic E-state index is 3.89. The Morgan fingerprint density at radius 3 is 2.59 bits per heavy atom. The van der Waals surface area contributed by atoms with Crippen molar-refractivity contribution in [3.8, 4) is 0 Å². The van der Waals surface area contributed by atoms with Gasteiger partial charge in [-0.2, -0.15) is 0 Å². The molecule has 0 aromatic heterocycles. The molecule has 0 amide bonds. The fraction of sp³-hybridized carbons (Fsp3) is 1.00. The molecule has 1 N–H and O–H groups in total. The second kappa shape index (κ2) is 6.78. The number of rotatable bonds is 5. The molecule has 2 aliphatic rings. The zero-order chi connectivity index (χ0) is 12.1. The van der Waals surface area contributed by atoms with E-state index in [1.807, 2.05) is 0 Å². The number of unbranched alkanes of at least 4 members (excludes halogenated alkanes) is 1. The summed E-state index contributed by atoms with van der Waals surface area (Å²) in [5, 5.41) is 3.89. The SMILES string of the molecule is CCCCC(C)NC1CCC2CCCCC2C1. The molecule has 0 radical (unpaired) electrons. The van der Waals surface area contributed by atoms with Gasteiger partial charge in [0.15, 0.2) is 0 Å². The van der Waals surface area contributed by atoms with Crippen LogP contribution in [0.5, 0.6) is 0 Å². The van der Waals surface area contributed by atoms with Crippen molar-refractivity contribution in [3.63, 3.8) is 0 Å². The highest BCUT2D eigenvalue weighted by atomic mass is 14.9. The van der Waals surface area contributed by atoms with Gasteiger partial charge in [-0.1, -0.05) is 45.4 Å². The molecule has 0 bridgehead atoms. The van der Waals surface area contributed by atoms with Crippen LogP contribution in [0.3, 0.4) is 0 Å². The molecule has 0 aromatic rings. The van der Waals surface area contributed by atoms with E-state index in [1.54, 1.807) is 0 Å². The van der Waals surface area contributed by atoms with E-state index in [0.29, 0.717) is 0 Å². The van der Waals surface area contributed by atoms with Crippen molar-refractivity contribution in [2.45, 2.75) is 90.1 Å². The molecule has 2 rings (SSSR count). The van der Waals surface area contributed by atoms with Gasteiger partial charge >= 0.3 is 0 Å². The lowest BCUT2D eigenvalue weighted by Crippen LogP contribution is -2.42. The topological polar surface area (TPSA) is 12.0 Å².